The summed E-state index contributed by atoms with van der Waals surface area (Å²) < 4.78 is 10.3. The van der Waals surface area contributed by atoms with Crippen LogP contribution in [0.25, 0.3) is 0 Å². The Morgan fingerprint density at radius 3 is 2.29 bits per heavy atom. The summed E-state index contributed by atoms with van der Waals surface area (Å²) in [5.41, 5.74) is 0. The van der Waals surface area contributed by atoms with Gasteiger partial charge in [0.05, 0.1) is 13.2 Å². The number of piperidine rings is 1. The molecule has 0 saturated carbocycles. The number of halogens is 1. The van der Waals surface area contributed by atoms with E-state index in [4.69, 9.17) is 14.5 Å². The van der Waals surface area contributed by atoms with E-state index in [0.717, 1.165) is 58.4 Å². The number of nitrogens with zero attached hydrogens (tertiary/aromatic N) is 4. The average Bonchev–Trinajstić information content (AvgIpc) is 2.70. The van der Waals surface area contributed by atoms with E-state index < -0.39 is 0 Å². The molecule has 2 aliphatic rings. The van der Waals surface area contributed by atoms with Gasteiger partial charge in [0.1, 0.15) is 0 Å². The standard InChI is InChI=1S/C19H37N5O3.HI/c1-4-20-18(23-10-12-24(13-11-23)19(25)27-5-2)21-16-17-6-8-22(9-7-17)14-15-26-3;/h17H,4-16H2,1-3H3,(H,20,21);1H. The van der Waals surface area contributed by atoms with E-state index >= 15 is 0 Å². The molecule has 164 valence electrons. The van der Waals surface area contributed by atoms with Crippen LogP contribution >= 0.6 is 24.0 Å². The van der Waals surface area contributed by atoms with Crippen LogP contribution < -0.4 is 5.32 Å². The van der Waals surface area contributed by atoms with Crippen molar-refractivity contribution in [3.05, 3.63) is 0 Å². The SMILES string of the molecule is CCNC(=NCC1CCN(CCOC)CC1)N1CCN(C(=O)OCC)CC1.I. The molecule has 0 radical (unpaired) electrons. The lowest BCUT2D eigenvalue weighted by molar-refractivity contribution is 0.0914. The van der Waals surface area contributed by atoms with E-state index in [1.165, 1.54) is 12.8 Å². The van der Waals surface area contributed by atoms with E-state index in [1.807, 2.05) is 6.92 Å². The molecule has 0 bridgehead atoms. The van der Waals surface area contributed by atoms with Crippen molar-refractivity contribution in [2.24, 2.45) is 10.9 Å². The molecule has 0 aliphatic carbocycles. The number of likely N-dealkylation sites (tertiary alicyclic amines) is 1. The first-order chi connectivity index (χ1) is 13.2. The summed E-state index contributed by atoms with van der Waals surface area (Å²) in [5, 5.41) is 3.41. The maximum Gasteiger partial charge on any atom is 0.409 e. The maximum absolute atomic E-state index is 11.9. The van der Waals surface area contributed by atoms with Gasteiger partial charge in [0.15, 0.2) is 5.96 Å². The molecular weight excluding hydrogens is 473 g/mol. The lowest BCUT2D eigenvalue weighted by Crippen LogP contribution is -2.54. The van der Waals surface area contributed by atoms with Crippen LogP contribution in [0, 0.1) is 5.92 Å². The van der Waals surface area contributed by atoms with Gasteiger partial charge in [0.2, 0.25) is 0 Å². The van der Waals surface area contributed by atoms with Gasteiger partial charge in [-0.1, -0.05) is 0 Å². The summed E-state index contributed by atoms with van der Waals surface area (Å²) in [4.78, 5) is 23.3. The molecule has 2 rings (SSSR count). The molecular formula is C19H38IN5O3. The van der Waals surface area contributed by atoms with Crippen molar-refractivity contribution in [3.8, 4) is 0 Å². The Bertz CT molecular complexity index is 464. The Kier molecular flexibility index (Phi) is 12.8. The van der Waals surface area contributed by atoms with Crippen LogP contribution in [-0.4, -0.2) is 106 Å². The lowest BCUT2D eigenvalue weighted by atomic mass is 9.97. The fourth-order valence-electron chi connectivity index (χ4n) is 3.57. The molecule has 9 heteroatoms. The van der Waals surface area contributed by atoms with Gasteiger partial charge in [-0.05, 0) is 45.7 Å². The molecule has 0 atom stereocenters. The summed E-state index contributed by atoms with van der Waals surface area (Å²) in [6, 6.07) is 0. The molecule has 1 amide bonds. The van der Waals surface area contributed by atoms with Crippen molar-refractivity contribution in [2.45, 2.75) is 26.7 Å². The second kappa shape index (κ2) is 14.2. The third-order valence-electron chi connectivity index (χ3n) is 5.26. The molecule has 2 fully saturated rings. The number of rotatable bonds is 7. The number of amides is 1. The predicted molar refractivity (Wildman–Crippen MR) is 123 cm³/mol. The molecule has 0 unspecified atom stereocenters. The van der Waals surface area contributed by atoms with Crippen molar-refractivity contribution < 1.29 is 14.3 Å². The van der Waals surface area contributed by atoms with Crippen molar-refractivity contribution in [1.29, 1.82) is 0 Å². The number of carbonyl (C=O) groups excluding carboxylic acids is 1. The van der Waals surface area contributed by atoms with Gasteiger partial charge >= 0.3 is 6.09 Å². The minimum Gasteiger partial charge on any atom is -0.450 e. The highest BCUT2D eigenvalue weighted by Crippen LogP contribution is 2.17. The number of ether oxygens (including phenoxy) is 2. The molecule has 0 aromatic heterocycles. The first-order valence-electron chi connectivity index (χ1n) is 10.3. The van der Waals surface area contributed by atoms with Crippen LogP contribution in [-0.2, 0) is 9.47 Å². The first-order valence-corrected chi connectivity index (χ1v) is 10.3. The normalized spacial score (nSPS) is 19.3. The van der Waals surface area contributed by atoms with E-state index in [1.54, 1.807) is 12.0 Å². The zero-order valence-electron chi connectivity index (χ0n) is 17.7. The maximum atomic E-state index is 11.9. The van der Waals surface area contributed by atoms with E-state index in [0.29, 0.717) is 25.6 Å². The van der Waals surface area contributed by atoms with Crippen LogP contribution in [0.4, 0.5) is 4.79 Å². The highest BCUT2D eigenvalue weighted by molar-refractivity contribution is 14.0. The quantitative estimate of drug-likeness (QED) is 0.319. The lowest BCUT2D eigenvalue weighted by Gasteiger charge is -2.36. The zero-order chi connectivity index (χ0) is 19.5. The van der Waals surface area contributed by atoms with Gasteiger partial charge in [0.25, 0.3) is 0 Å². The molecule has 0 spiro atoms. The minimum absolute atomic E-state index is 0. The Morgan fingerprint density at radius 1 is 1.07 bits per heavy atom. The van der Waals surface area contributed by atoms with E-state index in [2.05, 4.69) is 22.0 Å². The van der Waals surface area contributed by atoms with E-state index in [-0.39, 0.29) is 30.1 Å². The number of hydrogen-bond acceptors (Lipinski definition) is 5. The summed E-state index contributed by atoms with van der Waals surface area (Å²) in [6.45, 7) is 13.1. The molecule has 2 heterocycles. The van der Waals surface area contributed by atoms with Crippen molar-refractivity contribution in [1.82, 2.24) is 20.0 Å². The molecule has 2 saturated heterocycles. The molecule has 8 nitrogen and oxygen atoms in total. The van der Waals surface area contributed by atoms with Crippen molar-refractivity contribution >= 4 is 36.0 Å². The Labute approximate surface area is 187 Å². The molecule has 28 heavy (non-hydrogen) atoms. The zero-order valence-corrected chi connectivity index (χ0v) is 20.0. The molecule has 1 N–H and O–H groups in total. The molecule has 2 aliphatic heterocycles. The number of nitrogens with one attached hydrogen (secondary N) is 1. The average molecular weight is 511 g/mol. The van der Waals surface area contributed by atoms with Crippen molar-refractivity contribution in [3.63, 3.8) is 0 Å². The first kappa shape index (κ1) is 25.2. The smallest absolute Gasteiger partial charge is 0.409 e. The highest BCUT2D eigenvalue weighted by Gasteiger charge is 2.24. The van der Waals surface area contributed by atoms with E-state index in [9.17, 15) is 4.79 Å². The number of guanidine groups is 1. The number of carbonyl (C=O) groups is 1. The predicted octanol–water partition coefficient (Wildman–Crippen LogP) is 1.70. The fourth-order valence-corrected chi connectivity index (χ4v) is 3.57. The number of piperazine rings is 1. The van der Waals surface area contributed by atoms with Gasteiger partial charge in [-0.3, -0.25) is 4.99 Å². The molecule has 0 aromatic rings. The number of aliphatic imine (C=N–C) groups is 1. The number of methoxy groups -OCH3 is 1. The minimum atomic E-state index is -0.209. The largest absolute Gasteiger partial charge is 0.450 e. The third kappa shape index (κ3) is 8.28. The molecule has 0 aromatic carbocycles. The second-order valence-corrected chi connectivity index (χ2v) is 7.15. The van der Waals surface area contributed by atoms with Crippen LogP contribution in [0.3, 0.4) is 0 Å². The van der Waals surface area contributed by atoms with Crippen LogP contribution in [0.1, 0.15) is 26.7 Å². The summed E-state index contributed by atoms with van der Waals surface area (Å²) in [5.74, 6) is 1.63. The third-order valence-corrected chi connectivity index (χ3v) is 5.26. The summed E-state index contributed by atoms with van der Waals surface area (Å²) in [7, 11) is 1.76. The second-order valence-electron chi connectivity index (χ2n) is 7.15. The number of hydrogen-bond donors (Lipinski definition) is 1. The Morgan fingerprint density at radius 2 is 1.71 bits per heavy atom. The van der Waals surface area contributed by atoms with Gasteiger partial charge in [0, 0.05) is 52.9 Å². The van der Waals surface area contributed by atoms with Crippen LogP contribution in [0.15, 0.2) is 4.99 Å². The topological polar surface area (TPSA) is 69.6 Å². The Balaban J connectivity index is 0.00000392. The monoisotopic (exact) mass is 511 g/mol. The Hall–Kier alpha value is -0.810. The van der Waals surface area contributed by atoms with Crippen LogP contribution in [0.5, 0.6) is 0 Å². The summed E-state index contributed by atoms with van der Waals surface area (Å²) in [6.07, 6.45) is 2.19. The summed E-state index contributed by atoms with van der Waals surface area (Å²) >= 11 is 0. The van der Waals surface area contributed by atoms with Crippen LogP contribution in [0.2, 0.25) is 0 Å². The van der Waals surface area contributed by atoms with Gasteiger partial charge < -0.3 is 29.5 Å². The highest BCUT2D eigenvalue weighted by atomic mass is 127. The van der Waals surface area contributed by atoms with Crippen molar-refractivity contribution in [2.75, 3.05) is 79.2 Å². The fraction of sp³-hybridized carbons (Fsp3) is 0.895. The van der Waals surface area contributed by atoms with Gasteiger partial charge in [-0.15, -0.1) is 24.0 Å². The van der Waals surface area contributed by atoms with Gasteiger partial charge in [-0.25, -0.2) is 4.79 Å². The van der Waals surface area contributed by atoms with Gasteiger partial charge in [-0.2, -0.15) is 0 Å².